The number of aliphatic carboxylic acids is 1. The Morgan fingerprint density at radius 1 is 1.71 bits per heavy atom. The maximum atomic E-state index is 10.7. The zero-order valence-electron chi connectivity index (χ0n) is 7.76. The molecule has 1 heterocycles. The molecule has 1 aliphatic carbocycles. The van der Waals surface area contributed by atoms with Crippen LogP contribution in [0, 0.1) is 0 Å². The molecule has 0 radical (unpaired) electrons. The van der Waals surface area contributed by atoms with Crippen LogP contribution in [0.25, 0.3) is 0 Å². The van der Waals surface area contributed by atoms with Crippen molar-refractivity contribution in [1.29, 1.82) is 0 Å². The van der Waals surface area contributed by atoms with Gasteiger partial charge in [0.1, 0.15) is 6.04 Å². The number of nitrogens with zero attached hydrogens (tertiary/aromatic N) is 2. The number of aromatic nitrogens is 2. The van der Waals surface area contributed by atoms with Gasteiger partial charge in [0.05, 0.1) is 11.7 Å². The summed E-state index contributed by atoms with van der Waals surface area (Å²) in [5.41, 5.74) is 6.14. The molecule has 0 amide bonds. The monoisotopic (exact) mass is 195 g/mol. The zero-order chi connectivity index (χ0) is 10.1. The standard InChI is InChI=1S/C9H13N3O2/c10-8(9(13)14)7-4-5-11-12(7)6-2-1-3-6/h4-6,8H,1-3,10H2,(H,13,14). The third kappa shape index (κ3) is 1.39. The van der Waals surface area contributed by atoms with Gasteiger partial charge in [0, 0.05) is 6.20 Å². The van der Waals surface area contributed by atoms with Crippen LogP contribution in [0.3, 0.4) is 0 Å². The molecule has 1 aromatic heterocycles. The normalized spacial score (nSPS) is 18.9. The van der Waals surface area contributed by atoms with Crippen molar-refractivity contribution in [2.24, 2.45) is 5.73 Å². The molecule has 0 aliphatic heterocycles. The van der Waals surface area contributed by atoms with Gasteiger partial charge in [-0.2, -0.15) is 5.10 Å². The number of hydrogen-bond donors (Lipinski definition) is 2. The molecule has 3 N–H and O–H groups in total. The third-order valence-corrected chi connectivity index (χ3v) is 2.71. The van der Waals surface area contributed by atoms with Crippen LogP contribution < -0.4 is 5.73 Å². The highest BCUT2D eigenvalue weighted by molar-refractivity contribution is 5.74. The maximum Gasteiger partial charge on any atom is 0.326 e. The molecular weight excluding hydrogens is 182 g/mol. The lowest BCUT2D eigenvalue weighted by Gasteiger charge is -2.28. The molecule has 1 atom stereocenters. The van der Waals surface area contributed by atoms with Gasteiger partial charge in [-0.3, -0.25) is 9.48 Å². The van der Waals surface area contributed by atoms with Gasteiger partial charge in [-0.15, -0.1) is 0 Å². The van der Waals surface area contributed by atoms with Crippen LogP contribution >= 0.6 is 0 Å². The van der Waals surface area contributed by atoms with Crippen molar-refractivity contribution in [2.75, 3.05) is 0 Å². The van der Waals surface area contributed by atoms with Crippen LogP contribution in [-0.2, 0) is 4.79 Å². The number of carbonyl (C=O) groups is 1. The summed E-state index contributed by atoms with van der Waals surface area (Å²) in [4.78, 5) is 10.7. The van der Waals surface area contributed by atoms with Crippen LogP contribution in [0.4, 0.5) is 0 Å². The topological polar surface area (TPSA) is 81.1 Å². The van der Waals surface area contributed by atoms with Gasteiger partial charge >= 0.3 is 5.97 Å². The minimum Gasteiger partial charge on any atom is -0.480 e. The number of hydrogen-bond acceptors (Lipinski definition) is 3. The van der Waals surface area contributed by atoms with Crippen LogP contribution in [0.5, 0.6) is 0 Å². The minimum absolute atomic E-state index is 0.352. The SMILES string of the molecule is NC(C(=O)O)c1ccnn1C1CCC1. The van der Waals surface area contributed by atoms with Gasteiger partial charge < -0.3 is 10.8 Å². The molecule has 0 aromatic carbocycles. The lowest BCUT2D eigenvalue weighted by Crippen LogP contribution is -2.28. The largest absolute Gasteiger partial charge is 0.480 e. The molecule has 0 saturated heterocycles. The average molecular weight is 195 g/mol. The molecule has 2 rings (SSSR count). The fraction of sp³-hybridized carbons (Fsp3) is 0.556. The molecule has 5 heteroatoms. The van der Waals surface area contributed by atoms with E-state index in [2.05, 4.69) is 5.10 Å². The first-order valence-electron chi connectivity index (χ1n) is 4.72. The first kappa shape index (κ1) is 9.21. The molecule has 1 saturated carbocycles. The molecule has 1 fully saturated rings. The van der Waals surface area contributed by atoms with Crippen molar-refractivity contribution >= 4 is 5.97 Å². The van der Waals surface area contributed by atoms with Crippen molar-refractivity contribution < 1.29 is 9.90 Å². The predicted molar refractivity (Wildman–Crippen MR) is 49.7 cm³/mol. The Balaban J connectivity index is 2.24. The molecule has 14 heavy (non-hydrogen) atoms. The molecular formula is C9H13N3O2. The summed E-state index contributed by atoms with van der Waals surface area (Å²) in [6.45, 7) is 0. The highest BCUT2D eigenvalue weighted by Crippen LogP contribution is 2.32. The van der Waals surface area contributed by atoms with E-state index in [1.807, 2.05) is 0 Å². The molecule has 0 bridgehead atoms. The van der Waals surface area contributed by atoms with E-state index in [0.29, 0.717) is 11.7 Å². The fourth-order valence-electron chi connectivity index (χ4n) is 1.63. The van der Waals surface area contributed by atoms with E-state index >= 15 is 0 Å². The molecule has 76 valence electrons. The van der Waals surface area contributed by atoms with E-state index in [1.54, 1.807) is 16.9 Å². The number of carboxylic acids is 1. The smallest absolute Gasteiger partial charge is 0.326 e. The molecule has 1 unspecified atom stereocenters. The minimum atomic E-state index is -1.01. The van der Waals surface area contributed by atoms with Crippen molar-refractivity contribution in [2.45, 2.75) is 31.3 Å². The van der Waals surface area contributed by atoms with E-state index in [4.69, 9.17) is 10.8 Å². The Morgan fingerprint density at radius 2 is 2.43 bits per heavy atom. The van der Waals surface area contributed by atoms with Crippen LogP contribution in [0.2, 0.25) is 0 Å². The molecule has 5 nitrogen and oxygen atoms in total. The van der Waals surface area contributed by atoms with Gasteiger partial charge in [0.15, 0.2) is 0 Å². The first-order valence-corrected chi connectivity index (χ1v) is 4.72. The zero-order valence-corrected chi connectivity index (χ0v) is 7.76. The second-order valence-corrected chi connectivity index (χ2v) is 3.60. The number of rotatable bonds is 3. The van der Waals surface area contributed by atoms with Crippen LogP contribution in [0.1, 0.15) is 37.0 Å². The Hall–Kier alpha value is -1.36. The number of carboxylic acid groups (broad SMARTS) is 1. The highest BCUT2D eigenvalue weighted by Gasteiger charge is 2.26. The Morgan fingerprint density at radius 3 is 2.93 bits per heavy atom. The quantitative estimate of drug-likeness (QED) is 0.743. The first-order chi connectivity index (χ1) is 6.70. The van der Waals surface area contributed by atoms with E-state index in [0.717, 1.165) is 12.8 Å². The average Bonchev–Trinajstić information content (AvgIpc) is 2.48. The second-order valence-electron chi connectivity index (χ2n) is 3.60. The number of nitrogens with two attached hydrogens (primary N) is 1. The van der Waals surface area contributed by atoms with Gasteiger partial charge in [-0.1, -0.05) is 0 Å². The third-order valence-electron chi connectivity index (χ3n) is 2.71. The van der Waals surface area contributed by atoms with Crippen molar-refractivity contribution in [3.8, 4) is 0 Å². The lowest BCUT2D eigenvalue weighted by atomic mass is 9.93. The van der Waals surface area contributed by atoms with E-state index in [1.165, 1.54) is 6.42 Å². The van der Waals surface area contributed by atoms with Gasteiger partial charge in [-0.05, 0) is 25.3 Å². The Kier molecular flexibility index (Phi) is 2.25. The molecule has 0 spiro atoms. The molecule has 1 aliphatic rings. The summed E-state index contributed by atoms with van der Waals surface area (Å²) in [6, 6.07) is 1.07. The summed E-state index contributed by atoms with van der Waals surface area (Å²) in [6.07, 6.45) is 4.94. The van der Waals surface area contributed by atoms with E-state index < -0.39 is 12.0 Å². The summed E-state index contributed by atoms with van der Waals surface area (Å²) in [5.74, 6) is -1.01. The van der Waals surface area contributed by atoms with Crippen molar-refractivity contribution in [1.82, 2.24) is 9.78 Å². The second kappa shape index (κ2) is 3.42. The van der Waals surface area contributed by atoms with Gasteiger partial charge in [-0.25, -0.2) is 0 Å². The summed E-state index contributed by atoms with van der Waals surface area (Å²) in [7, 11) is 0. The predicted octanol–water partition coefficient (Wildman–Crippen LogP) is 0.692. The Labute approximate surface area is 81.5 Å². The Bertz CT molecular complexity index is 344. The summed E-state index contributed by atoms with van der Waals surface area (Å²) in [5, 5.41) is 12.9. The van der Waals surface area contributed by atoms with Crippen LogP contribution in [-0.4, -0.2) is 20.9 Å². The lowest BCUT2D eigenvalue weighted by molar-refractivity contribution is -0.138. The fourth-order valence-corrected chi connectivity index (χ4v) is 1.63. The van der Waals surface area contributed by atoms with Crippen LogP contribution in [0.15, 0.2) is 12.3 Å². The van der Waals surface area contributed by atoms with Gasteiger partial charge in [0.25, 0.3) is 0 Å². The van der Waals surface area contributed by atoms with E-state index in [9.17, 15) is 4.79 Å². The van der Waals surface area contributed by atoms with Crippen molar-refractivity contribution in [3.05, 3.63) is 18.0 Å². The molecule has 1 aromatic rings. The highest BCUT2D eigenvalue weighted by atomic mass is 16.4. The maximum absolute atomic E-state index is 10.7. The van der Waals surface area contributed by atoms with E-state index in [-0.39, 0.29) is 0 Å². The van der Waals surface area contributed by atoms with Gasteiger partial charge in [0.2, 0.25) is 0 Å². The summed E-state index contributed by atoms with van der Waals surface area (Å²) >= 11 is 0. The summed E-state index contributed by atoms with van der Waals surface area (Å²) < 4.78 is 1.75. The van der Waals surface area contributed by atoms with Crippen molar-refractivity contribution in [3.63, 3.8) is 0 Å².